The molecule has 0 heterocycles. The van der Waals surface area contributed by atoms with E-state index in [-0.39, 0.29) is 11.1 Å². The summed E-state index contributed by atoms with van der Waals surface area (Å²) >= 11 is 0. The number of ketones is 1. The molecule has 0 aliphatic rings. The van der Waals surface area contributed by atoms with Crippen molar-refractivity contribution >= 4 is 17.7 Å². The number of carboxylic acid groups (broad SMARTS) is 2. The molecule has 1 aromatic rings. The second kappa shape index (κ2) is 7.67. The first-order chi connectivity index (χ1) is 10.3. The molecule has 0 bridgehead atoms. The smallest absolute Gasteiger partial charge is 0.335 e. The standard InChI is InChI=1S/C15H19NO6/c1-3-16(4-2)11(15(21)22)13(18)12(17)9-5-7-10(8-6-9)14(19)20/h5-8,11,13,18H,3-4H2,1-2H3,(H,19,20)(H,21,22). The predicted molar refractivity (Wildman–Crippen MR) is 78.1 cm³/mol. The molecular weight excluding hydrogens is 290 g/mol. The quantitative estimate of drug-likeness (QED) is 0.606. The van der Waals surface area contributed by atoms with E-state index in [9.17, 15) is 24.6 Å². The summed E-state index contributed by atoms with van der Waals surface area (Å²) in [6, 6.07) is 3.64. The zero-order valence-electron chi connectivity index (χ0n) is 12.4. The monoisotopic (exact) mass is 309 g/mol. The molecule has 0 saturated heterocycles. The van der Waals surface area contributed by atoms with E-state index in [1.165, 1.54) is 29.2 Å². The van der Waals surface area contributed by atoms with E-state index in [1.807, 2.05) is 0 Å². The van der Waals surface area contributed by atoms with Crippen LogP contribution in [-0.4, -0.2) is 63.2 Å². The van der Waals surface area contributed by atoms with Crippen LogP contribution in [0, 0.1) is 0 Å². The van der Waals surface area contributed by atoms with E-state index in [1.54, 1.807) is 13.8 Å². The molecule has 0 spiro atoms. The Labute approximate surface area is 127 Å². The highest BCUT2D eigenvalue weighted by Crippen LogP contribution is 2.13. The van der Waals surface area contributed by atoms with Crippen LogP contribution < -0.4 is 0 Å². The van der Waals surface area contributed by atoms with Gasteiger partial charge in [-0.25, -0.2) is 4.79 Å². The van der Waals surface area contributed by atoms with Crippen molar-refractivity contribution in [3.05, 3.63) is 35.4 Å². The Morgan fingerprint density at radius 3 is 1.82 bits per heavy atom. The largest absolute Gasteiger partial charge is 0.480 e. The number of Topliss-reactive ketones (excluding diaryl/α,β-unsaturated/α-hetero) is 1. The number of aliphatic hydroxyl groups excluding tert-OH is 1. The summed E-state index contributed by atoms with van der Waals surface area (Å²) in [6.45, 7) is 4.21. The maximum absolute atomic E-state index is 12.2. The second-order valence-electron chi connectivity index (χ2n) is 4.70. The maximum Gasteiger partial charge on any atom is 0.335 e. The zero-order valence-corrected chi connectivity index (χ0v) is 12.4. The van der Waals surface area contributed by atoms with Gasteiger partial charge in [0.25, 0.3) is 0 Å². The van der Waals surface area contributed by atoms with Crippen LogP contribution in [0.25, 0.3) is 0 Å². The van der Waals surface area contributed by atoms with Crippen LogP contribution in [-0.2, 0) is 4.79 Å². The number of likely N-dealkylation sites (N-methyl/N-ethyl adjacent to an activating group) is 1. The number of aromatic carboxylic acids is 1. The van der Waals surface area contributed by atoms with Gasteiger partial charge < -0.3 is 15.3 Å². The lowest BCUT2D eigenvalue weighted by atomic mass is 9.98. The second-order valence-corrected chi connectivity index (χ2v) is 4.70. The normalized spacial score (nSPS) is 13.6. The molecule has 2 unspecified atom stereocenters. The Kier molecular flexibility index (Phi) is 6.21. The van der Waals surface area contributed by atoms with E-state index in [0.717, 1.165) is 0 Å². The minimum absolute atomic E-state index is 0.00423. The van der Waals surface area contributed by atoms with Crippen LogP contribution in [0.15, 0.2) is 24.3 Å². The van der Waals surface area contributed by atoms with Gasteiger partial charge in [-0.15, -0.1) is 0 Å². The predicted octanol–water partition coefficient (Wildman–Crippen LogP) is 0.723. The molecule has 7 heteroatoms. The maximum atomic E-state index is 12.2. The topological polar surface area (TPSA) is 115 Å². The number of carbonyl (C=O) groups is 3. The van der Waals surface area contributed by atoms with Gasteiger partial charge in [0.2, 0.25) is 0 Å². The number of carbonyl (C=O) groups excluding carboxylic acids is 1. The number of hydrogen-bond donors (Lipinski definition) is 3. The van der Waals surface area contributed by atoms with Crippen LogP contribution in [0.3, 0.4) is 0 Å². The van der Waals surface area contributed by atoms with Crippen molar-refractivity contribution in [1.82, 2.24) is 4.90 Å². The van der Waals surface area contributed by atoms with Gasteiger partial charge in [-0.1, -0.05) is 26.0 Å². The summed E-state index contributed by atoms with van der Waals surface area (Å²) in [4.78, 5) is 35.8. The molecule has 1 rings (SSSR count). The number of nitrogens with zero attached hydrogens (tertiary/aromatic N) is 1. The molecule has 22 heavy (non-hydrogen) atoms. The van der Waals surface area contributed by atoms with Crippen molar-refractivity contribution in [2.75, 3.05) is 13.1 Å². The summed E-state index contributed by atoms with van der Waals surface area (Å²) in [7, 11) is 0. The Balaban J connectivity index is 3.03. The Morgan fingerprint density at radius 2 is 1.45 bits per heavy atom. The molecule has 2 atom stereocenters. The summed E-state index contributed by atoms with van der Waals surface area (Å²) < 4.78 is 0. The highest BCUT2D eigenvalue weighted by molar-refractivity contribution is 6.02. The third-order valence-electron chi connectivity index (χ3n) is 3.44. The van der Waals surface area contributed by atoms with Gasteiger partial charge in [0.1, 0.15) is 12.1 Å². The molecule has 3 N–H and O–H groups in total. The van der Waals surface area contributed by atoms with Crippen molar-refractivity contribution in [2.45, 2.75) is 26.0 Å². The summed E-state index contributed by atoms with van der Waals surface area (Å²) in [5.74, 6) is -3.17. The number of rotatable bonds is 8. The molecular formula is C15H19NO6. The Morgan fingerprint density at radius 1 is 1.00 bits per heavy atom. The lowest BCUT2D eigenvalue weighted by Gasteiger charge is -2.29. The molecule has 0 aliphatic heterocycles. The summed E-state index contributed by atoms with van der Waals surface area (Å²) in [5, 5.41) is 28.2. The Bertz CT molecular complexity index is 550. The Hall–Kier alpha value is -2.25. The number of carboxylic acids is 2. The van der Waals surface area contributed by atoms with Crippen molar-refractivity contribution < 1.29 is 29.7 Å². The summed E-state index contributed by atoms with van der Waals surface area (Å²) in [5.41, 5.74) is 0.0699. The zero-order chi connectivity index (χ0) is 16.9. The van der Waals surface area contributed by atoms with Crippen molar-refractivity contribution in [3.8, 4) is 0 Å². The minimum atomic E-state index is -1.73. The van der Waals surface area contributed by atoms with E-state index >= 15 is 0 Å². The molecule has 0 fully saturated rings. The first-order valence-corrected chi connectivity index (χ1v) is 6.85. The van der Waals surface area contributed by atoms with Gasteiger partial charge in [0.05, 0.1) is 5.56 Å². The number of benzene rings is 1. The minimum Gasteiger partial charge on any atom is -0.480 e. The van der Waals surface area contributed by atoms with Crippen LogP contribution in [0.1, 0.15) is 34.6 Å². The highest BCUT2D eigenvalue weighted by Gasteiger charge is 2.36. The van der Waals surface area contributed by atoms with Gasteiger partial charge in [0.15, 0.2) is 5.78 Å². The molecule has 120 valence electrons. The molecule has 0 radical (unpaired) electrons. The number of aliphatic carboxylic acids is 1. The molecule has 0 aliphatic carbocycles. The van der Waals surface area contributed by atoms with Gasteiger partial charge in [0, 0.05) is 5.56 Å². The number of hydrogen-bond acceptors (Lipinski definition) is 5. The lowest BCUT2D eigenvalue weighted by molar-refractivity contribution is -0.146. The van der Waals surface area contributed by atoms with Gasteiger partial charge >= 0.3 is 11.9 Å². The fraction of sp³-hybridized carbons (Fsp3) is 0.400. The highest BCUT2D eigenvalue weighted by atomic mass is 16.4. The molecule has 0 amide bonds. The molecule has 1 aromatic carbocycles. The van der Waals surface area contributed by atoms with E-state index in [2.05, 4.69) is 0 Å². The summed E-state index contributed by atoms with van der Waals surface area (Å²) in [6.07, 6.45) is -1.73. The third-order valence-corrected chi connectivity index (χ3v) is 3.44. The van der Waals surface area contributed by atoms with Gasteiger partial charge in [-0.3, -0.25) is 14.5 Å². The van der Waals surface area contributed by atoms with Gasteiger partial charge in [-0.2, -0.15) is 0 Å². The van der Waals surface area contributed by atoms with Crippen molar-refractivity contribution in [2.24, 2.45) is 0 Å². The molecule has 7 nitrogen and oxygen atoms in total. The first-order valence-electron chi connectivity index (χ1n) is 6.85. The molecule has 0 saturated carbocycles. The fourth-order valence-electron chi connectivity index (χ4n) is 2.20. The van der Waals surface area contributed by atoms with E-state index < -0.39 is 29.9 Å². The lowest BCUT2D eigenvalue weighted by Crippen LogP contribution is -2.51. The van der Waals surface area contributed by atoms with Crippen molar-refractivity contribution in [3.63, 3.8) is 0 Å². The van der Waals surface area contributed by atoms with Crippen LogP contribution in [0.4, 0.5) is 0 Å². The van der Waals surface area contributed by atoms with Crippen LogP contribution in [0.5, 0.6) is 0 Å². The van der Waals surface area contributed by atoms with E-state index in [4.69, 9.17) is 5.11 Å². The van der Waals surface area contributed by atoms with Crippen LogP contribution in [0.2, 0.25) is 0 Å². The van der Waals surface area contributed by atoms with E-state index in [0.29, 0.717) is 13.1 Å². The molecule has 0 aromatic heterocycles. The average molecular weight is 309 g/mol. The fourth-order valence-corrected chi connectivity index (χ4v) is 2.20. The van der Waals surface area contributed by atoms with Gasteiger partial charge in [-0.05, 0) is 25.2 Å². The first kappa shape index (κ1) is 17.8. The van der Waals surface area contributed by atoms with Crippen LogP contribution >= 0.6 is 0 Å². The SMILES string of the molecule is CCN(CC)C(C(=O)O)C(O)C(=O)c1ccc(C(=O)O)cc1. The average Bonchev–Trinajstić information content (AvgIpc) is 2.50. The number of aliphatic hydroxyl groups is 1. The third kappa shape index (κ3) is 3.90. The van der Waals surface area contributed by atoms with Crippen molar-refractivity contribution in [1.29, 1.82) is 0 Å².